The molecule has 11 nitrogen and oxygen atoms in total. The van der Waals surface area contributed by atoms with E-state index in [1.54, 1.807) is 0 Å². The van der Waals surface area contributed by atoms with Crippen molar-refractivity contribution in [2.24, 2.45) is 5.92 Å². The highest BCUT2D eigenvalue weighted by molar-refractivity contribution is 7.80. The van der Waals surface area contributed by atoms with E-state index in [9.17, 15) is 22.9 Å². The summed E-state index contributed by atoms with van der Waals surface area (Å²) < 4.78 is 55.0. The van der Waals surface area contributed by atoms with Crippen molar-refractivity contribution >= 4 is 27.3 Å². The molecule has 0 aromatic heterocycles. The Morgan fingerprint density at radius 3 is 2.18 bits per heavy atom. The summed E-state index contributed by atoms with van der Waals surface area (Å²) in [4.78, 5) is 15.2. The molecular formula is C37H46N2O9S. The predicted molar refractivity (Wildman–Crippen MR) is 188 cm³/mol. The van der Waals surface area contributed by atoms with Crippen LogP contribution in [0.25, 0.3) is 10.8 Å². The largest absolute Gasteiger partial charge is 0.494 e. The Labute approximate surface area is 288 Å². The first-order valence-corrected chi connectivity index (χ1v) is 17.5. The summed E-state index contributed by atoms with van der Waals surface area (Å²) in [7, 11) is 1.26. The van der Waals surface area contributed by atoms with Crippen molar-refractivity contribution in [2.45, 2.75) is 31.7 Å². The molecular weight excluding hydrogens is 648 g/mol. The van der Waals surface area contributed by atoms with Crippen LogP contribution in [-0.4, -0.2) is 94.1 Å². The number of carbonyl (C=O) groups is 1. The van der Waals surface area contributed by atoms with Crippen molar-refractivity contribution in [3.63, 3.8) is 0 Å². The molecule has 3 unspecified atom stereocenters. The van der Waals surface area contributed by atoms with Crippen molar-refractivity contribution in [2.75, 3.05) is 54.1 Å². The molecule has 0 aliphatic carbocycles. The van der Waals surface area contributed by atoms with Crippen molar-refractivity contribution < 1.29 is 41.3 Å². The number of rotatable bonds is 14. The fraction of sp³-hybridized carbons (Fsp3) is 0.378. The molecule has 1 amide bonds. The summed E-state index contributed by atoms with van der Waals surface area (Å²) in [5.41, 5.74) is 2.84. The Morgan fingerprint density at radius 1 is 0.837 bits per heavy atom. The van der Waals surface area contributed by atoms with E-state index >= 15 is 0 Å². The van der Waals surface area contributed by atoms with Crippen LogP contribution in [0.4, 0.5) is 4.79 Å². The van der Waals surface area contributed by atoms with Crippen LogP contribution in [0, 0.1) is 5.92 Å². The predicted octanol–water partition coefficient (Wildman–Crippen LogP) is 6.10. The normalized spacial score (nSPS) is 17.8. The third kappa shape index (κ3) is 12.7. The molecule has 1 aliphatic heterocycles. The molecule has 2 N–H and O–H groups in total. The smallest absolute Gasteiger partial charge is 0.407 e. The zero-order valence-corrected chi connectivity index (χ0v) is 29.0. The maximum atomic E-state index is 12.0. The summed E-state index contributed by atoms with van der Waals surface area (Å²) in [5.74, 6) is -0.390. The first kappa shape index (κ1) is 37.8. The van der Waals surface area contributed by atoms with Gasteiger partial charge in [0.25, 0.3) is 0 Å². The van der Waals surface area contributed by atoms with Gasteiger partial charge in [0.15, 0.2) is 0 Å². The second kappa shape index (κ2) is 18.6. The lowest BCUT2D eigenvalue weighted by Gasteiger charge is -2.42. The van der Waals surface area contributed by atoms with E-state index in [0.29, 0.717) is 32.0 Å². The van der Waals surface area contributed by atoms with Gasteiger partial charge >= 0.3 is 16.5 Å². The Hall–Kier alpha value is -4.04. The number of hydrogen-bond acceptors (Lipinski definition) is 8. The average Bonchev–Trinajstić information content (AvgIpc) is 3.07. The maximum Gasteiger partial charge on any atom is 0.407 e. The molecule has 4 aromatic carbocycles. The van der Waals surface area contributed by atoms with E-state index in [1.807, 2.05) is 123 Å². The third-order valence-electron chi connectivity index (χ3n) is 7.82. The van der Waals surface area contributed by atoms with E-state index in [0.717, 1.165) is 27.5 Å². The van der Waals surface area contributed by atoms with Gasteiger partial charge in [-0.2, -0.15) is 8.42 Å². The topological polar surface area (TPSA) is 135 Å². The Bertz CT molecular complexity index is 1700. The van der Waals surface area contributed by atoms with Gasteiger partial charge in [-0.3, -0.25) is 4.55 Å². The van der Waals surface area contributed by atoms with Gasteiger partial charge in [0.1, 0.15) is 5.75 Å². The number of fused-ring (bicyclic) bond motifs is 1. The van der Waals surface area contributed by atoms with Gasteiger partial charge in [0.05, 0.1) is 45.7 Å². The fourth-order valence-corrected chi connectivity index (χ4v) is 6.01. The zero-order chi connectivity index (χ0) is 35.2. The number of carboxylic acid groups (broad SMARTS) is 1. The quantitative estimate of drug-likeness (QED) is 0.118. The van der Waals surface area contributed by atoms with Crippen LogP contribution >= 0.6 is 0 Å². The molecule has 4 aromatic rings. The van der Waals surface area contributed by atoms with E-state index in [1.165, 1.54) is 4.90 Å². The number of benzene rings is 4. The fourth-order valence-electron chi connectivity index (χ4n) is 5.67. The van der Waals surface area contributed by atoms with Crippen LogP contribution in [0.5, 0.6) is 5.75 Å². The number of likely N-dealkylation sites (tertiary alicyclic amines) is 1. The Kier molecular flexibility index (Phi) is 14.4. The lowest BCUT2D eigenvalue weighted by atomic mass is 9.79. The molecule has 0 spiro atoms. The van der Waals surface area contributed by atoms with Crippen LogP contribution in [0.2, 0.25) is 0 Å². The van der Waals surface area contributed by atoms with Gasteiger partial charge in [-0.05, 0) is 66.8 Å². The van der Waals surface area contributed by atoms with Gasteiger partial charge < -0.3 is 29.1 Å². The second-order valence-electron chi connectivity index (χ2n) is 12.4. The van der Waals surface area contributed by atoms with Crippen LogP contribution in [-0.2, 0) is 37.3 Å². The van der Waals surface area contributed by atoms with Crippen LogP contribution in [0.1, 0.15) is 29.0 Å². The summed E-state index contributed by atoms with van der Waals surface area (Å²) in [6.07, 6.45) is -1.06. The molecule has 0 radical (unpaired) electrons. The lowest BCUT2D eigenvalue weighted by molar-refractivity contribution is -0.0466. The minimum atomic E-state index is -4.74. The molecule has 0 saturated carbocycles. The molecule has 1 heterocycles. The highest BCUT2D eigenvalue weighted by Crippen LogP contribution is 2.37. The summed E-state index contributed by atoms with van der Waals surface area (Å²) in [6, 6.07) is 31.3. The first-order valence-electron chi connectivity index (χ1n) is 16.1. The first-order chi connectivity index (χ1) is 23.5. The molecule has 12 heteroatoms. The summed E-state index contributed by atoms with van der Waals surface area (Å²) in [6.45, 7) is 1.46. The third-order valence-corrected chi connectivity index (χ3v) is 8.26. The van der Waals surface area contributed by atoms with E-state index in [2.05, 4.69) is 0 Å². The minimum absolute atomic E-state index is 0.00654. The maximum absolute atomic E-state index is 12.0. The summed E-state index contributed by atoms with van der Waals surface area (Å²) >= 11 is 0. The lowest BCUT2D eigenvalue weighted by Crippen LogP contribution is -2.52. The molecule has 0 bridgehead atoms. The minimum Gasteiger partial charge on any atom is -0.494 e. The molecule has 1 fully saturated rings. The van der Waals surface area contributed by atoms with Crippen LogP contribution in [0.3, 0.4) is 0 Å². The van der Waals surface area contributed by atoms with E-state index in [-0.39, 0.29) is 19.7 Å². The van der Waals surface area contributed by atoms with Gasteiger partial charge in [-0.15, -0.1) is 0 Å². The summed E-state index contributed by atoms with van der Waals surface area (Å²) in [5, 5.41) is 12.0. The standard InChI is InChI=1S/C34H37NO9S.C3H9N/c36-34(37)35-20-30(24-44-45(38,39)40)33(32(21-35)43-23-26-11-12-27-9-4-5-10-29(27)19-26)28-13-15-31(16-14-28)42-18-6-17-41-22-25-7-2-1-3-8-25;1-4(2)3/h1-5,7-16,19,30,32-33H,6,17-18,20-24H2,(H,36,37)(H,38,39,40);1-3H3. The Balaban J connectivity index is 0.00000128. The number of amides is 1. The van der Waals surface area contributed by atoms with Gasteiger partial charge in [0, 0.05) is 24.8 Å². The molecule has 5 rings (SSSR count). The zero-order valence-electron chi connectivity index (χ0n) is 28.2. The molecule has 49 heavy (non-hydrogen) atoms. The van der Waals surface area contributed by atoms with Crippen molar-refractivity contribution in [1.29, 1.82) is 0 Å². The number of ether oxygens (including phenoxy) is 3. The molecule has 1 saturated heterocycles. The van der Waals surface area contributed by atoms with Gasteiger partial charge in [0.2, 0.25) is 0 Å². The van der Waals surface area contributed by atoms with Crippen molar-refractivity contribution in [3.8, 4) is 5.75 Å². The second-order valence-corrected chi connectivity index (χ2v) is 13.5. The average molecular weight is 695 g/mol. The number of piperidine rings is 1. The monoisotopic (exact) mass is 694 g/mol. The van der Waals surface area contributed by atoms with E-state index in [4.69, 9.17) is 18.4 Å². The molecule has 264 valence electrons. The number of hydrogen-bond donors (Lipinski definition) is 2. The van der Waals surface area contributed by atoms with Gasteiger partial charge in [-0.1, -0.05) is 78.9 Å². The van der Waals surface area contributed by atoms with Gasteiger partial charge in [-0.25, -0.2) is 8.98 Å². The molecule has 3 atom stereocenters. The van der Waals surface area contributed by atoms with Crippen LogP contribution < -0.4 is 4.74 Å². The van der Waals surface area contributed by atoms with E-state index < -0.39 is 41.0 Å². The highest BCUT2D eigenvalue weighted by atomic mass is 32.3. The Morgan fingerprint density at radius 2 is 1.51 bits per heavy atom. The van der Waals surface area contributed by atoms with Crippen molar-refractivity contribution in [3.05, 3.63) is 114 Å². The number of nitrogens with zero attached hydrogens (tertiary/aromatic N) is 2. The molecule has 1 aliphatic rings. The van der Waals surface area contributed by atoms with Crippen molar-refractivity contribution in [1.82, 2.24) is 9.80 Å². The SMILES string of the molecule is CN(C)C.O=C(O)N1CC(COS(=O)(=O)O)C(c2ccc(OCCCOCc3ccccc3)cc2)C(OCc2ccc3ccccc3c2)C1. The van der Waals surface area contributed by atoms with Crippen LogP contribution in [0.15, 0.2) is 97.1 Å². The highest BCUT2D eigenvalue weighted by Gasteiger charge is 2.41.